The molecular formula is C21H27N6O17P3. The lowest BCUT2D eigenvalue weighted by molar-refractivity contribution is -0.765. The molecule has 0 spiro atoms. The summed E-state index contributed by atoms with van der Waals surface area (Å²) in [6.07, 6.45) is -6.92. The van der Waals surface area contributed by atoms with E-state index in [2.05, 4.69) is 32.8 Å². The van der Waals surface area contributed by atoms with Crippen molar-refractivity contribution < 1.29 is 85.3 Å². The first-order chi connectivity index (χ1) is 21.9. The van der Waals surface area contributed by atoms with Crippen LogP contribution in [0.15, 0.2) is 43.4 Å². The van der Waals surface area contributed by atoms with Gasteiger partial charge in [-0.05, 0) is 6.07 Å². The third-order valence-corrected chi connectivity index (χ3v) is 9.91. The van der Waals surface area contributed by atoms with Crippen molar-refractivity contribution in [3.8, 4) is 0 Å². The van der Waals surface area contributed by atoms with Gasteiger partial charge in [0.2, 0.25) is 0 Å². The third kappa shape index (κ3) is 8.32. The van der Waals surface area contributed by atoms with E-state index in [1.807, 2.05) is 0 Å². The Bertz CT molecular complexity index is 1760. The smallest absolute Gasteiger partial charge is 0.478 e. The van der Waals surface area contributed by atoms with Crippen molar-refractivity contribution in [2.45, 2.75) is 49.1 Å². The van der Waals surface area contributed by atoms with Gasteiger partial charge < -0.3 is 54.6 Å². The number of aromatic nitrogens is 5. The molecule has 3 aromatic rings. The quantitative estimate of drug-likeness (QED) is 0.0676. The maximum atomic E-state index is 12.5. The van der Waals surface area contributed by atoms with Crippen molar-refractivity contribution in [1.82, 2.24) is 19.5 Å². The number of carbonyl (C=O) groups is 1. The molecule has 2 saturated heterocycles. The van der Waals surface area contributed by atoms with Gasteiger partial charge in [0.05, 0.1) is 25.7 Å². The van der Waals surface area contributed by atoms with Gasteiger partial charge in [0.25, 0.3) is 20.0 Å². The number of nitrogens with two attached hydrogens (primary N) is 1. The van der Waals surface area contributed by atoms with Crippen LogP contribution < -0.4 is 15.2 Å². The highest BCUT2D eigenvalue weighted by Crippen LogP contribution is 2.58. The number of pyridine rings is 1. The van der Waals surface area contributed by atoms with Gasteiger partial charge in [-0.1, -0.05) is 0 Å². The molecule has 47 heavy (non-hydrogen) atoms. The first kappa shape index (κ1) is 35.6. The van der Waals surface area contributed by atoms with Crippen molar-refractivity contribution in [3.05, 3.63) is 48.9 Å². The molecule has 23 nitrogen and oxygen atoms in total. The van der Waals surface area contributed by atoms with Crippen molar-refractivity contribution >= 4 is 40.5 Å². The number of amides is 1. The molecule has 0 saturated carbocycles. The number of ether oxygens (including phenoxy) is 2. The predicted molar refractivity (Wildman–Crippen MR) is 144 cm³/mol. The molecule has 3 aromatic heterocycles. The van der Waals surface area contributed by atoms with Gasteiger partial charge in [0.1, 0.15) is 47.9 Å². The lowest BCUT2D eigenvalue weighted by atomic mass is 10.1. The minimum Gasteiger partial charge on any atom is -0.756 e. The Morgan fingerprint density at radius 3 is 2.45 bits per heavy atom. The fraction of sp³-hybridized carbons (Fsp3) is 0.476. The summed E-state index contributed by atoms with van der Waals surface area (Å²) in [4.78, 5) is 64.4. The largest absolute Gasteiger partial charge is 0.756 e. The van der Waals surface area contributed by atoms with Crippen molar-refractivity contribution in [2.24, 2.45) is 5.73 Å². The Morgan fingerprint density at radius 2 is 1.74 bits per heavy atom. The number of fused-ring (bicyclic) bond motifs is 1. The topological polar surface area (TPSA) is 342 Å². The monoisotopic (exact) mass is 728 g/mol. The molecule has 2 unspecified atom stereocenters. The highest BCUT2D eigenvalue weighted by molar-refractivity contribution is 7.60. The predicted octanol–water partition coefficient (Wildman–Crippen LogP) is -3.11. The van der Waals surface area contributed by atoms with Crippen LogP contribution in [0.3, 0.4) is 0 Å². The lowest BCUT2D eigenvalue weighted by Gasteiger charge is -2.26. The molecule has 0 aliphatic carbocycles. The summed E-state index contributed by atoms with van der Waals surface area (Å²) in [6, 6.07) is 2.78. The first-order valence-electron chi connectivity index (χ1n) is 13.1. The summed E-state index contributed by atoms with van der Waals surface area (Å²) in [5.41, 5.74) is 5.61. The fourth-order valence-corrected chi connectivity index (χ4v) is 7.34. The number of phosphoric acid groups is 3. The molecule has 258 valence electrons. The highest BCUT2D eigenvalue weighted by Gasteiger charge is 2.51. The molecule has 2 fully saturated rings. The second-order valence-corrected chi connectivity index (χ2v) is 14.2. The molecule has 5 rings (SSSR count). The second-order valence-electron chi connectivity index (χ2n) is 10.0. The van der Waals surface area contributed by atoms with Crippen LogP contribution in [0, 0.1) is 0 Å². The lowest BCUT2D eigenvalue weighted by Crippen LogP contribution is -2.46. The molecule has 2 aliphatic heterocycles. The van der Waals surface area contributed by atoms with Crippen LogP contribution in [-0.4, -0.2) is 105 Å². The van der Waals surface area contributed by atoms with E-state index in [0.29, 0.717) is 0 Å². The molecule has 0 aromatic carbocycles. The van der Waals surface area contributed by atoms with Gasteiger partial charge in [0, 0.05) is 6.07 Å². The summed E-state index contributed by atoms with van der Waals surface area (Å²) in [6.45, 7) is -2.09. The highest BCUT2D eigenvalue weighted by atomic mass is 31.3. The van der Waals surface area contributed by atoms with Gasteiger partial charge >= 0.3 is 15.6 Å². The van der Waals surface area contributed by atoms with E-state index in [-0.39, 0.29) is 16.7 Å². The van der Waals surface area contributed by atoms with E-state index in [1.54, 1.807) is 0 Å². The van der Waals surface area contributed by atoms with E-state index in [0.717, 1.165) is 17.2 Å². The van der Waals surface area contributed by atoms with Crippen LogP contribution in [0.4, 0.5) is 0 Å². The average molecular weight is 728 g/mol. The Kier molecular flexibility index (Phi) is 10.4. The number of phosphoric ester groups is 3. The van der Waals surface area contributed by atoms with Gasteiger partial charge in [0.15, 0.2) is 30.4 Å². The zero-order valence-electron chi connectivity index (χ0n) is 23.4. The maximum Gasteiger partial charge on any atom is 0.478 e. The van der Waals surface area contributed by atoms with Gasteiger partial charge in [-0.25, -0.2) is 28.4 Å². The minimum atomic E-state index is -5.71. The first-order valence-corrected chi connectivity index (χ1v) is 17.6. The summed E-state index contributed by atoms with van der Waals surface area (Å²) in [7, 11) is -16.5. The van der Waals surface area contributed by atoms with Crippen LogP contribution >= 0.6 is 23.5 Å². The molecule has 26 heteroatoms. The summed E-state index contributed by atoms with van der Waals surface area (Å²) in [5, 5.41) is 31.4. The standard InChI is InChI=1S/C21H27N6O17P3/c22-18(31)10-2-1-3-26(5-10)20-16(30)14(28)12(41-20)6-39-46(35,36)44-47(37,38)40-7-13-15(29)17(43-45(32,33)34)21(42-13)27-9-25-11-4-23-8-24-19(11)27/h1-5,8-9,12-17,20-21,28-30H,6-7H2,(H5-,22,31,32,33,34,35,36,37,38)/t12-,13-,14-,15-,16-,17-,20-,21-/m1/s1. The normalized spacial score (nSPS) is 30.7. The van der Waals surface area contributed by atoms with E-state index >= 15 is 0 Å². The van der Waals surface area contributed by atoms with Crippen LogP contribution in [0.25, 0.3) is 11.2 Å². The molecule has 0 bridgehead atoms. The maximum absolute atomic E-state index is 12.5. The van der Waals surface area contributed by atoms with Gasteiger partial charge in [-0.3, -0.25) is 23.0 Å². The molecule has 1 amide bonds. The van der Waals surface area contributed by atoms with Crippen LogP contribution in [0.2, 0.25) is 0 Å². The third-order valence-electron chi connectivity index (χ3n) is 6.82. The minimum absolute atomic E-state index is 0.0364. The van der Waals surface area contributed by atoms with Gasteiger partial charge in [-0.15, -0.1) is 0 Å². The fourth-order valence-electron chi connectivity index (χ4n) is 4.74. The summed E-state index contributed by atoms with van der Waals surface area (Å²) in [5.74, 6) is -0.794. The van der Waals surface area contributed by atoms with Crippen LogP contribution in [0.1, 0.15) is 22.8 Å². The molecule has 8 N–H and O–H groups in total. The average Bonchev–Trinajstić information content (AvgIpc) is 3.63. The Hall–Kier alpha value is -2.66. The molecular weight excluding hydrogens is 701 g/mol. The number of hydrogen-bond donors (Lipinski definition) is 7. The van der Waals surface area contributed by atoms with Crippen molar-refractivity contribution in [1.29, 1.82) is 0 Å². The number of primary amides is 1. The van der Waals surface area contributed by atoms with Crippen molar-refractivity contribution in [3.63, 3.8) is 0 Å². The van der Waals surface area contributed by atoms with E-state index in [1.165, 1.54) is 35.3 Å². The summed E-state index contributed by atoms with van der Waals surface area (Å²) < 4.78 is 67.9. The summed E-state index contributed by atoms with van der Waals surface area (Å²) >= 11 is 0. The van der Waals surface area contributed by atoms with Crippen LogP contribution in [0.5, 0.6) is 0 Å². The zero-order valence-corrected chi connectivity index (χ0v) is 26.1. The van der Waals surface area contributed by atoms with Gasteiger partial charge in [-0.2, -0.15) is 4.57 Å². The molecule has 5 heterocycles. The molecule has 2 aliphatic rings. The number of nitrogens with zero attached hydrogens (tertiary/aromatic N) is 5. The molecule has 0 radical (unpaired) electrons. The SMILES string of the molecule is NC(=O)c1ccc[n+]([C@@H]2O[C@H](COP(=O)([O-])OP(=O)(O)OC[C@H]3O[C@@H](n4cnc5cncnc54)[C@H](OP(=O)(O)O)[C@@H]3O)[C@@H](O)[C@H]2O)c1. The number of aliphatic hydroxyl groups is 3. The van der Waals surface area contributed by atoms with E-state index in [4.69, 9.17) is 15.2 Å². The Labute approximate surface area is 262 Å². The molecule has 10 atom stereocenters. The number of carbonyl (C=O) groups excluding carboxylic acids is 1. The Balaban J connectivity index is 1.20. The number of rotatable bonds is 13. The van der Waals surface area contributed by atoms with E-state index < -0.39 is 91.7 Å². The van der Waals surface area contributed by atoms with E-state index in [9.17, 15) is 53.4 Å². The van der Waals surface area contributed by atoms with Crippen LogP contribution in [-0.2, 0) is 41.1 Å². The Morgan fingerprint density at radius 1 is 1.04 bits per heavy atom. The van der Waals surface area contributed by atoms with Crippen molar-refractivity contribution in [2.75, 3.05) is 13.2 Å². The number of hydrogen-bond acceptors (Lipinski definition) is 17. The number of imidazole rings is 1. The number of aliphatic hydroxyl groups excluding tert-OH is 3. The zero-order chi connectivity index (χ0) is 34.3. The second kappa shape index (κ2) is 13.7.